The van der Waals surface area contributed by atoms with Crippen LogP contribution in [-0.4, -0.2) is 61.5 Å². The summed E-state index contributed by atoms with van der Waals surface area (Å²) in [6.07, 6.45) is 5.76. The zero-order valence-electron chi connectivity index (χ0n) is 11.8. The summed E-state index contributed by atoms with van der Waals surface area (Å²) >= 11 is 0. The van der Waals surface area contributed by atoms with Crippen LogP contribution in [0.5, 0.6) is 0 Å². The largest absolute Gasteiger partial charge is 0.341 e. The Morgan fingerprint density at radius 3 is 2.47 bits per heavy atom. The van der Waals surface area contributed by atoms with Crippen LogP contribution in [0.1, 0.15) is 32.1 Å². The molecule has 2 aliphatic heterocycles. The van der Waals surface area contributed by atoms with Crippen LogP contribution in [0.2, 0.25) is 0 Å². The number of piperidine rings is 1. The fourth-order valence-corrected chi connectivity index (χ4v) is 2.98. The third-order valence-corrected chi connectivity index (χ3v) is 4.00. The Labute approximate surface area is 129 Å². The van der Waals surface area contributed by atoms with Crippen molar-refractivity contribution >= 4 is 30.7 Å². The summed E-state index contributed by atoms with van der Waals surface area (Å²) in [5.74, 6) is 0.322. The highest BCUT2D eigenvalue weighted by molar-refractivity contribution is 5.85. The number of halogens is 2. The van der Waals surface area contributed by atoms with Crippen LogP contribution in [0.25, 0.3) is 0 Å². The minimum Gasteiger partial charge on any atom is -0.341 e. The minimum absolute atomic E-state index is 0. The summed E-state index contributed by atoms with van der Waals surface area (Å²) in [7, 11) is 1.90. The van der Waals surface area contributed by atoms with Gasteiger partial charge in [0.25, 0.3) is 0 Å². The van der Waals surface area contributed by atoms with Crippen molar-refractivity contribution in [2.45, 2.75) is 38.1 Å². The predicted octanol–water partition coefficient (Wildman–Crippen LogP) is 1.53. The van der Waals surface area contributed by atoms with Gasteiger partial charge in [0.05, 0.1) is 0 Å². The summed E-state index contributed by atoms with van der Waals surface area (Å²) in [4.78, 5) is 16.6. The molecule has 0 saturated carbocycles. The van der Waals surface area contributed by atoms with Crippen LogP contribution in [0.3, 0.4) is 0 Å². The molecule has 0 aromatic heterocycles. The van der Waals surface area contributed by atoms with Crippen LogP contribution >= 0.6 is 24.8 Å². The van der Waals surface area contributed by atoms with Crippen molar-refractivity contribution in [3.05, 3.63) is 0 Å². The summed E-state index contributed by atoms with van der Waals surface area (Å²) in [6.45, 7) is 5.20. The van der Waals surface area contributed by atoms with Gasteiger partial charge < -0.3 is 10.2 Å². The lowest BCUT2D eigenvalue weighted by atomic mass is 10.0. The summed E-state index contributed by atoms with van der Waals surface area (Å²) in [6, 6.07) is 0.629. The molecule has 2 aliphatic rings. The van der Waals surface area contributed by atoms with E-state index in [1.165, 1.54) is 38.8 Å². The van der Waals surface area contributed by atoms with Gasteiger partial charge in [-0.15, -0.1) is 24.8 Å². The highest BCUT2D eigenvalue weighted by Crippen LogP contribution is 2.20. The second-order valence-corrected chi connectivity index (χ2v) is 5.23. The Morgan fingerprint density at radius 2 is 1.84 bits per heavy atom. The van der Waals surface area contributed by atoms with Gasteiger partial charge in [0.15, 0.2) is 0 Å². The van der Waals surface area contributed by atoms with Gasteiger partial charge in [0, 0.05) is 32.1 Å². The lowest BCUT2D eigenvalue weighted by Gasteiger charge is -2.37. The molecule has 2 saturated heterocycles. The molecular formula is C13H27Cl2N3O. The van der Waals surface area contributed by atoms with Gasteiger partial charge in [-0.3, -0.25) is 9.69 Å². The van der Waals surface area contributed by atoms with E-state index < -0.39 is 0 Å². The number of nitrogens with one attached hydrogen (secondary N) is 1. The zero-order valence-corrected chi connectivity index (χ0v) is 13.4. The van der Waals surface area contributed by atoms with E-state index in [1.54, 1.807) is 0 Å². The van der Waals surface area contributed by atoms with Gasteiger partial charge in [0.1, 0.15) is 0 Å². The van der Waals surface area contributed by atoms with Crippen molar-refractivity contribution in [2.24, 2.45) is 0 Å². The smallest absolute Gasteiger partial charge is 0.223 e. The highest BCUT2D eigenvalue weighted by Gasteiger charge is 2.28. The number of likely N-dealkylation sites (tertiary alicyclic amines) is 2. The van der Waals surface area contributed by atoms with Crippen LogP contribution < -0.4 is 5.32 Å². The molecule has 0 bridgehead atoms. The van der Waals surface area contributed by atoms with Crippen molar-refractivity contribution in [2.75, 3.05) is 39.8 Å². The van der Waals surface area contributed by atoms with E-state index >= 15 is 0 Å². The average molecular weight is 312 g/mol. The van der Waals surface area contributed by atoms with Crippen LogP contribution in [0, 0.1) is 0 Å². The second-order valence-electron chi connectivity index (χ2n) is 5.23. The minimum atomic E-state index is 0. The first-order chi connectivity index (χ1) is 8.31. The van der Waals surface area contributed by atoms with Gasteiger partial charge >= 0.3 is 0 Å². The topological polar surface area (TPSA) is 35.6 Å². The Hall–Kier alpha value is -0.0300. The third kappa shape index (κ3) is 5.46. The monoisotopic (exact) mass is 311 g/mol. The van der Waals surface area contributed by atoms with E-state index in [4.69, 9.17) is 0 Å². The Kier molecular flexibility index (Phi) is 9.79. The number of amides is 1. The molecule has 19 heavy (non-hydrogen) atoms. The van der Waals surface area contributed by atoms with E-state index in [9.17, 15) is 4.79 Å². The molecule has 2 fully saturated rings. The van der Waals surface area contributed by atoms with Gasteiger partial charge in [0.2, 0.25) is 5.91 Å². The van der Waals surface area contributed by atoms with E-state index in [2.05, 4.69) is 15.1 Å². The number of rotatable bonds is 4. The molecule has 6 heteroatoms. The van der Waals surface area contributed by atoms with Gasteiger partial charge in [-0.25, -0.2) is 0 Å². The zero-order chi connectivity index (χ0) is 12.1. The van der Waals surface area contributed by atoms with E-state index in [1.807, 2.05) is 7.05 Å². The number of carbonyl (C=O) groups is 1. The first-order valence-electron chi connectivity index (χ1n) is 6.97. The molecule has 1 atom stereocenters. The Balaban J connectivity index is 0.00000162. The molecule has 0 aliphatic carbocycles. The number of hydrogen-bond acceptors (Lipinski definition) is 3. The van der Waals surface area contributed by atoms with Crippen molar-refractivity contribution < 1.29 is 4.79 Å². The van der Waals surface area contributed by atoms with Gasteiger partial charge in [-0.2, -0.15) is 0 Å². The molecule has 114 valence electrons. The quantitative estimate of drug-likeness (QED) is 0.855. The lowest BCUT2D eigenvalue weighted by Crippen LogP contribution is -2.49. The maximum absolute atomic E-state index is 12.0. The van der Waals surface area contributed by atoms with Crippen molar-refractivity contribution in [3.63, 3.8) is 0 Å². The molecule has 1 unspecified atom stereocenters. The predicted molar refractivity (Wildman–Crippen MR) is 83.4 cm³/mol. The standard InChI is InChI=1S/C13H25N3O.2ClH/c1-14-7-6-13(17)16-10-4-5-12(11-16)15-8-2-3-9-15;;/h12,14H,2-11H2,1H3;2*1H. The molecule has 0 spiro atoms. The first kappa shape index (κ1) is 19.0. The molecule has 1 N–H and O–H groups in total. The molecule has 0 aromatic rings. The molecule has 4 nitrogen and oxygen atoms in total. The molecule has 0 aromatic carbocycles. The number of carbonyl (C=O) groups excluding carboxylic acids is 1. The lowest BCUT2D eigenvalue weighted by molar-refractivity contribution is -0.133. The van der Waals surface area contributed by atoms with Crippen molar-refractivity contribution in [1.82, 2.24) is 15.1 Å². The SMILES string of the molecule is CNCCC(=O)N1CCCC(N2CCCC2)C1.Cl.Cl. The Bertz CT molecular complexity index is 260. The van der Waals surface area contributed by atoms with Gasteiger partial charge in [-0.05, 0) is 45.8 Å². The van der Waals surface area contributed by atoms with Crippen molar-refractivity contribution in [1.29, 1.82) is 0 Å². The number of nitrogens with zero attached hydrogens (tertiary/aromatic N) is 2. The molecule has 0 radical (unpaired) electrons. The average Bonchev–Trinajstić information content (AvgIpc) is 2.90. The highest BCUT2D eigenvalue weighted by atomic mass is 35.5. The van der Waals surface area contributed by atoms with E-state index in [0.717, 1.165) is 19.6 Å². The third-order valence-electron chi connectivity index (χ3n) is 4.00. The second kappa shape index (κ2) is 9.81. The van der Waals surface area contributed by atoms with Crippen LogP contribution in [0.4, 0.5) is 0 Å². The maximum atomic E-state index is 12.0. The van der Waals surface area contributed by atoms with Gasteiger partial charge in [-0.1, -0.05) is 0 Å². The fourth-order valence-electron chi connectivity index (χ4n) is 2.98. The molecular weight excluding hydrogens is 285 g/mol. The van der Waals surface area contributed by atoms with E-state index in [0.29, 0.717) is 18.4 Å². The van der Waals surface area contributed by atoms with E-state index in [-0.39, 0.29) is 24.8 Å². The molecule has 2 rings (SSSR count). The molecule has 1 amide bonds. The maximum Gasteiger partial charge on any atom is 0.223 e. The Morgan fingerprint density at radius 1 is 1.16 bits per heavy atom. The first-order valence-corrected chi connectivity index (χ1v) is 6.97. The van der Waals surface area contributed by atoms with Crippen molar-refractivity contribution in [3.8, 4) is 0 Å². The summed E-state index contributed by atoms with van der Waals surface area (Å²) < 4.78 is 0. The normalized spacial score (nSPS) is 23.6. The summed E-state index contributed by atoms with van der Waals surface area (Å²) in [5, 5.41) is 3.05. The number of hydrogen-bond donors (Lipinski definition) is 1. The molecule has 2 heterocycles. The summed E-state index contributed by atoms with van der Waals surface area (Å²) in [5.41, 5.74) is 0. The van der Waals surface area contributed by atoms with Crippen LogP contribution in [0.15, 0.2) is 0 Å². The fraction of sp³-hybridized carbons (Fsp3) is 0.923. The van der Waals surface area contributed by atoms with Crippen LogP contribution in [-0.2, 0) is 4.79 Å².